The first-order valence-electron chi connectivity index (χ1n) is 5.87. The number of alkyl halides is 1. The molecule has 1 aromatic rings. The summed E-state index contributed by atoms with van der Waals surface area (Å²) in [6, 6.07) is 3.52. The summed E-state index contributed by atoms with van der Waals surface area (Å²) in [5.41, 5.74) is 0. The normalized spacial score (nSPS) is 18.7. The highest BCUT2D eigenvalue weighted by molar-refractivity contribution is 7.91. The number of aryl methyl sites for hydroxylation is 1. The van der Waals surface area contributed by atoms with Crippen molar-refractivity contribution in [2.45, 2.75) is 17.1 Å². The number of hydrogen-bond acceptors (Lipinski definition) is 4. The summed E-state index contributed by atoms with van der Waals surface area (Å²) < 4.78 is 32.0. The molecular formula is C11H16ClNO3S2. The van der Waals surface area contributed by atoms with E-state index in [1.807, 2.05) is 6.07 Å². The van der Waals surface area contributed by atoms with Gasteiger partial charge in [-0.1, -0.05) is 0 Å². The molecule has 1 aromatic heterocycles. The SMILES string of the molecule is O=S(=O)(c1ccc(CCCl)s1)N1CCCOCC1. The van der Waals surface area contributed by atoms with Crippen LogP contribution in [0.2, 0.25) is 0 Å². The fourth-order valence-corrected chi connectivity index (χ4v) is 5.10. The number of rotatable bonds is 4. The van der Waals surface area contributed by atoms with E-state index in [9.17, 15) is 8.42 Å². The van der Waals surface area contributed by atoms with Crippen LogP contribution in [-0.2, 0) is 21.2 Å². The van der Waals surface area contributed by atoms with E-state index in [0.29, 0.717) is 42.8 Å². The lowest BCUT2D eigenvalue weighted by Crippen LogP contribution is -2.32. The molecule has 1 aliphatic heterocycles. The molecule has 102 valence electrons. The van der Waals surface area contributed by atoms with E-state index in [2.05, 4.69) is 0 Å². The van der Waals surface area contributed by atoms with Crippen LogP contribution in [0, 0.1) is 0 Å². The van der Waals surface area contributed by atoms with Crippen molar-refractivity contribution in [1.82, 2.24) is 4.31 Å². The lowest BCUT2D eigenvalue weighted by Gasteiger charge is -2.17. The fraction of sp³-hybridized carbons (Fsp3) is 0.636. The Hall–Kier alpha value is -0.140. The number of hydrogen-bond donors (Lipinski definition) is 0. The van der Waals surface area contributed by atoms with Gasteiger partial charge in [-0.3, -0.25) is 0 Å². The highest BCUT2D eigenvalue weighted by Crippen LogP contribution is 2.26. The van der Waals surface area contributed by atoms with Crippen LogP contribution in [0.3, 0.4) is 0 Å². The van der Waals surface area contributed by atoms with Crippen molar-refractivity contribution in [2.24, 2.45) is 0 Å². The molecule has 0 unspecified atom stereocenters. The van der Waals surface area contributed by atoms with E-state index in [-0.39, 0.29) is 0 Å². The summed E-state index contributed by atoms with van der Waals surface area (Å²) in [7, 11) is -3.35. The van der Waals surface area contributed by atoms with Crippen LogP contribution in [0.15, 0.2) is 16.3 Å². The van der Waals surface area contributed by atoms with Gasteiger partial charge in [0.2, 0.25) is 0 Å². The quantitative estimate of drug-likeness (QED) is 0.799. The Morgan fingerprint density at radius 1 is 1.33 bits per heavy atom. The van der Waals surface area contributed by atoms with Crippen LogP contribution < -0.4 is 0 Å². The van der Waals surface area contributed by atoms with Gasteiger partial charge in [-0.15, -0.1) is 22.9 Å². The number of sulfonamides is 1. The zero-order valence-corrected chi connectivity index (χ0v) is 12.4. The van der Waals surface area contributed by atoms with Gasteiger partial charge < -0.3 is 4.74 Å². The van der Waals surface area contributed by atoms with Gasteiger partial charge in [-0.2, -0.15) is 4.31 Å². The molecule has 2 rings (SSSR count). The summed E-state index contributed by atoms with van der Waals surface area (Å²) in [6.07, 6.45) is 1.46. The summed E-state index contributed by atoms with van der Waals surface area (Å²) in [4.78, 5) is 1.01. The molecule has 4 nitrogen and oxygen atoms in total. The molecule has 2 heterocycles. The number of nitrogens with zero attached hydrogens (tertiary/aromatic N) is 1. The maximum atomic E-state index is 12.4. The van der Waals surface area contributed by atoms with Crippen molar-refractivity contribution in [3.05, 3.63) is 17.0 Å². The third-order valence-electron chi connectivity index (χ3n) is 2.75. The molecular weight excluding hydrogens is 294 g/mol. The second-order valence-electron chi connectivity index (χ2n) is 4.03. The lowest BCUT2D eigenvalue weighted by molar-refractivity contribution is 0.148. The van der Waals surface area contributed by atoms with E-state index in [4.69, 9.17) is 16.3 Å². The molecule has 18 heavy (non-hydrogen) atoms. The topological polar surface area (TPSA) is 46.6 Å². The van der Waals surface area contributed by atoms with Gasteiger partial charge in [-0.05, 0) is 25.0 Å². The minimum Gasteiger partial charge on any atom is -0.380 e. The second kappa shape index (κ2) is 6.34. The van der Waals surface area contributed by atoms with Crippen molar-refractivity contribution >= 4 is 33.0 Å². The van der Waals surface area contributed by atoms with Crippen LogP contribution in [0.1, 0.15) is 11.3 Å². The van der Waals surface area contributed by atoms with Crippen molar-refractivity contribution < 1.29 is 13.2 Å². The summed E-state index contributed by atoms with van der Waals surface area (Å²) in [6.45, 7) is 2.07. The molecule has 0 saturated carbocycles. The molecule has 0 aliphatic carbocycles. The monoisotopic (exact) mass is 309 g/mol. The zero-order chi connectivity index (χ0) is 13.0. The van der Waals surface area contributed by atoms with Crippen LogP contribution in [0.4, 0.5) is 0 Å². The first kappa shape index (κ1) is 14.3. The number of halogens is 1. The van der Waals surface area contributed by atoms with Gasteiger partial charge in [0.25, 0.3) is 10.0 Å². The molecule has 0 atom stereocenters. The minimum absolute atomic E-state index is 0.407. The Bertz CT molecular complexity index is 478. The lowest BCUT2D eigenvalue weighted by atomic mass is 10.4. The fourth-order valence-electron chi connectivity index (χ4n) is 1.82. The molecule has 1 saturated heterocycles. The Morgan fingerprint density at radius 2 is 2.17 bits per heavy atom. The number of thiophene rings is 1. The largest absolute Gasteiger partial charge is 0.380 e. The van der Waals surface area contributed by atoms with Crippen LogP contribution in [0.25, 0.3) is 0 Å². The van der Waals surface area contributed by atoms with Gasteiger partial charge in [0.05, 0.1) is 6.61 Å². The van der Waals surface area contributed by atoms with Crippen LogP contribution in [-0.4, -0.2) is 44.9 Å². The van der Waals surface area contributed by atoms with E-state index in [0.717, 1.165) is 11.3 Å². The molecule has 0 N–H and O–H groups in total. The molecule has 0 amide bonds. The van der Waals surface area contributed by atoms with Crippen molar-refractivity contribution in [1.29, 1.82) is 0 Å². The van der Waals surface area contributed by atoms with Gasteiger partial charge in [0.15, 0.2) is 0 Å². The second-order valence-corrected chi connectivity index (χ2v) is 7.74. The summed E-state index contributed by atoms with van der Waals surface area (Å²) >= 11 is 6.97. The third-order valence-corrected chi connectivity index (χ3v) is 6.45. The van der Waals surface area contributed by atoms with E-state index < -0.39 is 10.0 Å². The van der Waals surface area contributed by atoms with Crippen LogP contribution >= 0.6 is 22.9 Å². The zero-order valence-electron chi connectivity index (χ0n) is 9.97. The van der Waals surface area contributed by atoms with Crippen molar-refractivity contribution in [2.75, 3.05) is 32.2 Å². The molecule has 0 radical (unpaired) electrons. The molecule has 0 bridgehead atoms. The Labute approximate surface area is 117 Å². The van der Waals surface area contributed by atoms with Gasteiger partial charge in [0.1, 0.15) is 4.21 Å². The van der Waals surface area contributed by atoms with Crippen molar-refractivity contribution in [3.63, 3.8) is 0 Å². The van der Waals surface area contributed by atoms with Gasteiger partial charge in [0, 0.05) is 30.5 Å². The molecule has 0 spiro atoms. The first-order chi connectivity index (χ1) is 8.64. The predicted octanol–water partition coefficient (Wildman–Crippen LogP) is 1.94. The summed E-state index contributed by atoms with van der Waals surface area (Å²) in [5, 5.41) is 0. The average Bonchev–Trinajstić information content (AvgIpc) is 2.65. The summed E-state index contributed by atoms with van der Waals surface area (Å²) in [5.74, 6) is 0.511. The van der Waals surface area contributed by atoms with Gasteiger partial charge >= 0.3 is 0 Å². The van der Waals surface area contributed by atoms with E-state index in [1.54, 1.807) is 6.07 Å². The Morgan fingerprint density at radius 3 is 2.94 bits per heavy atom. The molecule has 0 aromatic carbocycles. The Balaban J connectivity index is 2.17. The maximum absolute atomic E-state index is 12.4. The molecule has 1 aliphatic rings. The van der Waals surface area contributed by atoms with E-state index >= 15 is 0 Å². The highest BCUT2D eigenvalue weighted by atomic mass is 35.5. The van der Waals surface area contributed by atoms with E-state index in [1.165, 1.54) is 15.6 Å². The first-order valence-corrected chi connectivity index (χ1v) is 8.66. The van der Waals surface area contributed by atoms with Crippen molar-refractivity contribution in [3.8, 4) is 0 Å². The molecule has 7 heteroatoms. The minimum atomic E-state index is -3.35. The highest BCUT2D eigenvalue weighted by Gasteiger charge is 2.26. The van der Waals surface area contributed by atoms with Crippen LogP contribution in [0.5, 0.6) is 0 Å². The standard InChI is InChI=1S/C11H16ClNO3S2/c12-5-4-10-2-3-11(17-10)18(14,15)13-6-1-8-16-9-7-13/h2-3H,1,4-9H2. The maximum Gasteiger partial charge on any atom is 0.252 e. The average molecular weight is 310 g/mol. The predicted molar refractivity (Wildman–Crippen MR) is 72.9 cm³/mol. The smallest absolute Gasteiger partial charge is 0.252 e. The Kier molecular flexibility index (Phi) is 5.03. The van der Waals surface area contributed by atoms with Gasteiger partial charge in [-0.25, -0.2) is 8.42 Å². The molecule has 1 fully saturated rings. The third kappa shape index (κ3) is 3.24. The number of ether oxygens (including phenoxy) is 1.